The lowest BCUT2D eigenvalue weighted by Crippen LogP contribution is -2.09. The predicted octanol–water partition coefficient (Wildman–Crippen LogP) is -0.0571. The van der Waals surface area contributed by atoms with Crippen LogP contribution in [0.2, 0.25) is 0 Å². The summed E-state index contributed by atoms with van der Waals surface area (Å²) in [4.78, 5) is 21.0. The standard InChI is InChI=1S/C8H12O5/c1-6(2-3-7(10)11)8(12)13-5-4-9/h2,9H,3-5H2,1H3,(H,10,11). The van der Waals surface area contributed by atoms with E-state index in [4.69, 9.17) is 10.2 Å². The SMILES string of the molecule is CC(=CCC(=O)O)C(=O)OCCO. The number of carbonyl (C=O) groups is 2. The van der Waals surface area contributed by atoms with Gasteiger partial charge in [0.05, 0.1) is 13.0 Å². The Kier molecular flexibility index (Phi) is 5.54. The molecule has 74 valence electrons. The van der Waals surface area contributed by atoms with Crippen molar-refractivity contribution in [1.29, 1.82) is 0 Å². The highest BCUT2D eigenvalue weighted by Crippen LogP contribution is 1.98. The Morgan fingerprint density at radius 3 is 2.54 bits per heavy atom. The molecule has 0 rings (SSSR count). The fourth-order valence-electron chi connectivity index (χ4n) is 0.576. The summed E-state index contributed by atoms with van der Waals surface area (Å²) < 4.78 is 4.54. The first-order valence-electron chi connectivity index (χ1n) is 3.74. The molecule has 0 aromatic carbocycles. The van der Waals surface area contributed by atoms with Crippen molar-refractivity contribution < 1.29 is 24.5 Å². The Morgan fingerprint density at radius 2 is 2.08 bits per heavy atom. The lowest BCUT2D eigenvalue weighted by Gasteiger charge is -2.01. The molecule has 0 amide bonds. The number of hydrogen-bond donors (Lipinski definition) is 2. The highest BCUT2D eigenvalue weighted by atomic mass is 16.5. The number of aliphatic hydroxyl groups is 1. The van der Waals surface area contributed by atoms with Gasteiger partial charge < -0.3 is 14.9 Å². The van der Waals surface area contributed by atoms with E-state index in [1.807, 2.05) is 0 Å². The van der Waals surface area contributed by atoms with Crippen LogP contribution >= 0.6 is 0 Å². The van der Waals surface area contributed by atoms with E-state index in [2.05, 4.69) is 4.74 Å². The van der Waals surface area contributed by atoms with Gasteiger partial charge >= 0.3 is 11.9 Å². The van der Waals surface area contributed by atoms with Crippen LogP contribution in [-0.2, 0) is 14.3 Å². The molecule has 5 heteroatoms. The molecule has 0 radical (unpaired) electrons. The van der Waals surface area contributed by atoms with Gasteiger partial charge in [0.1, 0.15) is 6.61 Å². The van der Waals surface area contributed by atoms with Gasteiger partial charge in [0, 0.05) is 5.57 Å². The van der Waals surface area contributed by atoms with Crippen molar-refractivity contribution in [3.63, 3.8) is 0 Å². The van der Waals surface area contributed by atoms with E-state index in [1.165, 1.54) is 13.0 Å². The third-order valence-electron chi connectivity index (χ3n) is 1.23. The fraction of sp³-hybridized carbons (Fsp3) is 0.500. The molecule has 0 bridgehead atoms. The first-order chi connectivity index (χ1) is 6.07. The van der Waals surface area contributed by atoms with Crippen LogP contribution < -0.4 is 0 Å². The molecule has 0 aromatic rings. The van der Waals surface area contributed by atoms with Gasteiger partial charge in [-0.25, -0.2) is 4.79 Å². The van der Waals surface area contributed by atoms with E-state index >= 15 is 0 Å². The summed E-state index contributed by atoms with van der Waals surface area (Å²) in [5.41, 5.74) is 0.232. The molecular formula is C8H12O5. The van der Waals surface area contributed by atoms with Gasteiger partial charge in [0.25, 0.3) is 0 Å². The molecule has 0 spiro atoms. The Balaban J connectivity index is 3.93. The molecule has 0 saturated carbocycles. The Bertz CT molecular complexity index is 219. The van der Waals surface area contributed by atoms with Crippen LogP contribution in [0.5, 0.6) is 0 Å². The quantitative estimate of drug-likeness (QED) is 0.466. The van der Waals surface area contributed by atoms with E-state index in [0.717, 1.165) is 0 Å². The van der Waals surface area contributed by atoms with E-state index in [0.29, 0.717) is 0 Å². The predicted molar refractivity (Wildman–Crippen MR) is 44.1 cm³/mol. The lowest BCUT2D eigenvalue weighted by molar-refractivity contribution is -0.139. The second-order valence-corrected chi connectivity index (χ2v) is 2.34. The van der Waals surface area contributed by atoms with E-state index in [1.54, 1.807) is 0 Å². The number of hydrogen-bond acceptors (Lipinski definition) is 4. The average molecular weight is 188 g/mol. The summed E-state index contributed by atoms with van der Waals surface area (Å²) >= 11 is 0. The van der Waals surface area contributed by atoms with Crippen LogP contribution in [0.3, 0.4) is 0 Å². The van der Waals surface area contributed by atoms with Crippen molar-refractivity contribution in [2.75, 3.05) is 13.2 Å². The van der Waals surface area contributed by atoms with Crippen LogP contribution in [0.15, 0.2) is 11.6 Å². The van der Waals surface area contributed by atoms with Crippen molar-refractivity contribution in [1.82, 2.24) is 0 Å². The Morgan fingerprint density at radius 1 is 1.46 bits per heavy atom. The molecule has 0 saturated heterocycles. The molecule has 0 unspecified atom stereocenters. The van der Waals surface area contributed by atoms with Gasteiger partial charge in [0.2, 0.25) is 0 Å². The molecule has 2 N–H and O–H groups in total. The zero-order valence-electron chi connectivity index (χ0n) is 7.32. The van der Waals surface area contributed by atoms with Crippen molar-refractivity contribution in [3.8, 4) is 0 Å². The van der Waals surface area contributed by atoms with Crippen molar-refractivity contribution in [2.24, 2.45) is 0 Å². The first-order valence-corrected chi connectivity index (χ1v) is 3.74. The number of carboxylic acid groups (broad SMARTS) is 1. The summed E-state index contributed by atoms with van der Waals surface area (Å²) in [6.07, 6.45) is 1.06. The third-order valence-corrected chi connectivity index (χ3v) is 1.23. The second-order valence-electron chi connectivity index (χ2n) is 2.34. The minimum Gasteiger partial charge on any atom is -0.481 e. The summed E-state index contributed by atoms with van der Waals surface area (Å²) in [5, 5.41) is 16.6. The normalized spacial score (nSPS) is 11.1. The van der Waals surface area contributed by atoms with Gasteiger partial charge in [0.15, 0.2) is 0 Å². The van der Waals surface area contributed by atoms with Crippen molar-refractivity contribution in [3.05, 3.63) is 11.6 Å². The molecule has 0 atom stereocenters. The minimum atomic E-state index is -1.01. The van der Waals surface area contributed by atoms with Gasteiger partial charge in [-0.05, 0) is 6.92 Å². The lowest BCUT2D eigenvalue weighted by atomic mass is 10.2. The van der Waals surface area contributed by atoms with Crippen molar-refractivity contribution >= 4 is 11.9 Å². The van der Waals surface area contributed by atoms with Crippen LogP contribution in [0, 0.1) is 0 Å². The Hall–Kier alpha value is -1.36. The molecule has 0 aliphatic rings. The number of aliphatic carboxylic acids is 1. The number of ether oxygens (including phenoxy) is 1. The monoisotopic (exact) mass is 188 g/mol. The molecule has 0 heterocycles. The summed E-state index contributed by atoms with van der Waals surface area (Å²) in [6.45, 7) is 1.15. The summed E-state index contributed by atoms with van der Waals surface area (Å²) in [6, 6.07) is 0. The number of aliphatic hydroxyl groups excluding tert-OH is 1. The number of esters is 1. The van der Waals surface area contributed by atoms with Crippen LogP contribution in [0.1, 0.15) is 13.3 Å². The topological polar surface area (TPSA) is 83.8 Å². The second kappa shape index (κ2) is 6.19. The van der Waals surface area contributed by atoms with Gasteiger partial charge in [-0.2, -0.15) is 0 Å². The highest BCUT2D eigenvalue weighted by molar-refractivity contribution is 5.88. The number of rotatable bonds is 5. The van der Waals surface area contributed by atoms with E-state index in [-0.39, 0.29) is 25.2 Å². The zero-order valence-corrected chi connectivity index (χ0v) is 7.32. The van der Waals surface area contributed by atoms with Crippen LogP contribution in [-0.4, -0.2) is 35.4 Å². The van der Waals surface area contributed by atoms with E-state index < -0.39 is 11.9 Å². The third kappa shape index (κ3) is 5.86. The van der Waals surface area contributed by atoms with Gasteiger partial charge in [-0.1, -0.05) is 6.08 Å². The minimum absolute atomic E-state index is 0.0723. The zero-order chi connectivity index (χ0) is 10.3. The average Bonchev–Trinajstić information content (AvgIpc) is 2.10. The van der Waals surface area contributed by atoms with Gasteiger partial charge in [-0.3, -0.25) is 4.79 Å². The largest absolute Gasteiger partial charge is 0.481 e. The summed E-state index contributed by atoms with van der Waals surface area (Å²) in [7, 11) is 0. The first kappa shape index (κ1) is 11.6. The smallest absolute Gasteiger partial charge is 0.333 e. The molecule has 13 heavy (non-hydrogen) atoms. The maximum Gasteiger partial charge on any atom is 0.333 e. The van der Waals surface area contributed by atoms with E-state index in [9.17, 15) is 9.59 Å². The fourth-order valence-corrected chi connectivity index (χ4v) is 0.576. The molecular weight excluding hydrogens is 176 g/mol. The highest BCUT2D eigenvalue weighted by Gasteiger charge is 2.05. The maximum absolute atomic E-state index is 10.9. The maximum atomic E-state index is 10.9. The molecule has 0 aromatic heterocycles. The summed E-state index contributed by atoms with van der Waals surface area (Å²) in [5.74, 6) is -1.61. The van der Waals surface area contributed by atoms with Crippen LogP contribution in [0.4, 0.5) is 0 Å². The molecule has 0 aliphatic carbocycles. The van der Waals surface area contributed by atoms with Crippen molar-refractivity contribution in [2.45, 2.75) is 13.3 Å². The Labute approximate surface area is 75.6 Å². The van der Waals surface area contributed by atoms with Crippen LogP contribution in [0.25, 0.3) is 0 Å². The number of carboxylic acids is 1. The molecule has 0 aliphatic heterocycles. The molecule has 0 fully saturated rings. The number of carbonyl (C=O) groups excluding carboxylic acids is 1. The molecule has 5 nitrogen and oxygen atoms in total. The van der Waals surface area contributed by atoms with Gasteiger partial charge in [-0.15, -0.1) is 0 Å².